The molecule has 0 bridgehead atoms. The Morgan fingerprint density at radius 3 is 3.05 bits per heavy atom. The summed E-state index contributed by atoms with van der Waals surface area (Å²) >= 11 is 0. The molecule has 2 aromatic rings. The zero-order valence-electron chi connectivity index (χ0n) is 12.4. The van der Waals surface area contributed by atoms with Crippen LogP contribution in [0, 0.1) is 0 Å². The Hall–Kier alpha value is -1.85. The van der Waals surface area contributed by atoms with Gasteiger partial charge >= 0.3 is 0 Å². The molecule has 2 aliphatic rings. The lowest BCUT2D eigenvalue weighted by atomic mass is 10.1. The first-order valence-corrected chi connectivity index (χ1v) is 7.86. The van der Waals surface area contributed by atoms with E-state index in [9.17, 15) is 0 Å². The topological polar surface area (TPSA) is 47.7 Å². The van der Waals surface area contributed by atoms with Gasteiger partial charge in [-0.15, -0.1) is 0 Å². The first-order chi connectivity index (χ1) is 10.9. The van der Waals surface area contributed by atoms with Gasteiger partial charge in [-0.1, -0.05) is 6.07 Å². The number of morpholine rings is 1. The highest BCUT2D eigenvalue weighted by atomic mass is 16.5. The molecule has 0 N–H and O–H groups in total. The molecule has 5 heteroatoms. The van der Waals surface area contributed by atoms with Crippen molar-refractivity contribution in [1.82, 2.24) is 9.88 Å². The monoisotopic (exact) mass is 300 g/mol. The van der Waals surface area contributed by atoms with E-state index in [0.29, 0.717) is 11.9 Å². The van der Waals surface area contributed by atoms with Crippen LogP contribution in [0.2, 0.25) is 0 Å². The Balaban J connectivity index is 1.44. The van der Waals surface area contributed by atoms with Crippen molar-refractivity contribution in [1.29, 1.82) is 0 Å². The quantitative estimate of drug-likeness (QED) is 0.868. The van der Waals surface area contributed by atoms with Crippen LogP contribution in [-0.2, 0) is 11.3 Å². The van der Waals surface area contributed by atoms with Gasteiger partial charge in [-0.3, -0.25) is 4.90 Å². The first kappa shape index (κ1) is 13.8. The highest BCUT2D eigenvalue weighted by Crippen LogP contribution is 2.33. The van der Waals surface area contributed by atoms with Crippen molar-refractivity contribution in [2.75, 3.05) is 13.2 Å². The molecule has 1 aliphatic heterocycles. The van der Waals surface area contributed by atoms with Crippen molar-refractivity contribution >= 4 is 0 Å². The average molecular weight is 300 g/mol. The lowest BCUT2D eigenvalue weighted by Crippen LogP contribution is -2.51. The summed E-state index contributed by atoms with van der Waals surface area (Å²) in [6.07, 6.45) is 5.77. The van der Waals surface area contributed by atoms with Crippen LogP contribution in [0.1, 0.15) is 18.6 Å². The molecule has 3 atom stereocenters. The fourth-order valence-corrected chi connectivity index (χ4v) is 3.49. The third kappa shape index (κ3) is 2.74. The Labute approximate surface area is 129 Å². The standard InChI is InChI=1S/C17H20N2O3/c1-2-8-18-16(5-1)22-15-7-6-14-17(15)21-11-9-19(14)12-13-4-3-10-20-13/h1-5,8,10,14-15,17H,6-7,9,11-12H2/t14-,15-,17+/m0/s1. The van der Waals surface area contributed by atoms with Crippen LogP contribution in [0.3, 0.4) is 0 Å². The third-order valence-electron chi connectivity index (χ3n) is 4.50. The van der Waals surface area contributed by atoms with Crippen LogP contribution in [-0.4, -0.2) is 41.3 Å². The summed E-state index contributed by atoms with van der Waals surface area (Å²) < 4.78 is 17.5. The van der Waals surface area contributed by atoms with E-state index < -0.39 is 0 Å². The molecule has 0 aromatic carbocycles. The molecular formula is C17H20N2O3. The molecule has 116 valence electrons. The molecule has 2 fully saturated rings. The number of fused-ring (bicyclic) bond motifs is 1. The van der Waals surface area contributed by atoms with E-state index in [1.54, 1.807) is 12.5 Å². The Morgan fingerprint density at radius 1 is 1.23 bits per heavy atom. The molecule has 0 unspecified atom stereocenters. The van der Waals surface area contributed by atoms with Gasteiger partial charge in [0.15, 0.2) is 0 Å². The van der Waals surface area contributed by atoms with Crippen LogP contribution in [0.25, 0.3) is 0 Å². The number of ether oxygens (including phenoxy) is 2. The van der Waals surface area contributed by atoms with Crippen LogP contribution in [0.5, 0.6) is 5.88 Å². The zero-order chi connectivity index (χ0) is 14.8. The van der Waals surface area contributed by atoms with Gasteiger partial charge in [-0.2, -0.15) is 0 Å². The number of hydrogen-bond acceptors (Lipinski definition) is 5. The van der Waals surface area contributed by atoms with Gasteiger partial charge in [0.2, 0.25) is 5.88 Å². The summed E-state index contributed by atoms with van der Waals surface area (Å²) in [5, 5.41) is 0. The second kappa shape index (κ2) is 6.10. The van der Waals surface area contributed by atoms with Crippen molar-refractivity contribution in [3.63, 3.8) is 0 Å². The van der Waals surface area contributed by atoms with E-state index in [1.165, 1.54) is 0 Å². The van der Waals surface area contributed by atoms with Crippen molar-refractivity contribution in [3.05, 3.63) is 48.6 Å². The number of hydrogen-bond donors (Lipinski definition) is 0. The van der Waals surface area contributed by atoms with Gasteiger partial charge in [-0.05, 0) is 31.0 Å². The Kier molecular flexibility index (Phi) is 3.83. The maximum atomic E-state index is 6.04. The molecule has 22 heavy (non-hydrogen) atoms. The predicted molar refractivity (Wildman–Crippen MR) is 80.5 cm³/mol. The summed E-state index contributed by atoms with van der Waals surface area (Å²) in [7, 11) is 0. The number of nitrogens with zero attached hydrogens (tertiary/aromatic N) is 2. The maximum Gasteiger partial charge on any atom is 0.213 e. The molecule has 2 aromatic heterocycles. The van der Waals surface area contributed by atoms with Crippen LogP contribution in [0.15, 0.2) is 47.2 Å². The minimum absolute atomic E-state index is 0.0827. The van der Waals surface area contributed by atoms with Gasteiger partial charge in [-0.25, -0.2) is 4.98 Å². The van der Waals surface area contributed by atoms with E-state index in [-0.39, 0.29) is 12.2 Å². The van der Waals surface area contributed by atoms with E-state index >= 15 is 0 Å². The van der Waals surface area contributed by atoms with Crippen molar-refractivity contribution in [3.8, 4) is 5.88 Å². The normalized spacial score (nSPS) is 28.5. The Morgan fingerprint density at radius 2 is 2.23 bits per heavy atom. The van der Waals surface area contributed by atoms with E-state index in [1.807, 2.05) is 30.3 Å². The maximum absolute atomic E-state index is 6.04. The van der Waals surface area contributed by atoms with Gasteiger partial charge in [0.05, 0.1) is 19.4 Å². The van der Waals surface area contributed by atoms with E-state index in [2.05, 4.69) is 9.88 Å². The number of pyridine rings is 1. The summed E-state index contributed by atoms with van der Waals surface area (Å²) in [4.78, 5) is 6.71. The minimum Gasteiger partial charge on any atom is -0.472 e. The highest BCUT2D eigenvalue weighted by Gasteiger charge is 2.44. The van der Waals surface area contributed by atoms with Crippen LogP contribution < -0.4 is 4.74 Å². The molecule has 4 rings (SSSR count). The molecule has 0 amide bonds. The molecule has 3 heterocycles. The number of rotatable bonds is 4. The van der Waals surface area contributed by atoms with Crippen LogP contribution >= 0.6 is 0 Å². The lowest BCUT2D eigenvalue weighted by Gasteiger charge is -2.38. The smallest absolute Gasteiger partial charge is 0.213 e. The zero-order valence-corrected chi connectivity index (χ0v) is 12.4. The molecule has 1 saturated heterocycles. The second-order valence-electron chi connectivity index (χ2n) is 5.85. The van der Waals surface area contributed by atoms with Crippen molar-refractivity contribution in [2.24, 2.45) is 0 Å². The molecular weight excluding hydrogens is 280 g/mol. The van der Waals surface area contributed by atoms with Gasteiger partial charge in [0.25, 0.3) is 0 Å². The SMILES string of the molecule is c1ccc(O[C@H]2CC[C@H]3[C@H]2OCCN3Cc2ccco2)nc1. The molecule has 0 spiro atoms. The fourth-order valence-electron chi connectivity index (χ4n) is 3.49. The Bertz CT molecular complexity index is 587. The molecule has 1 saturated carbocycles. The summed E-state index contributed by atoms with van der Waals surface area (Å²) in [5.41, 5.74) is 0. The van der Waals surface area contributed by atoms with E-state index in [4.69, 9.17) is 13.9 Å². The molecule has 0 radical (unpaired) electrons. The summed E-state index contributed by atoms with van der Waals surface area (Å²) in [6.45, 7) is 2.52. The van der Waals surface area contributed by atoms with Gasteiger partial charge in [0.1, 0.15) is 18.0 Å². The van der Waals surface area contributed by atoms with Gasteiger partial charge in [0, 0.05) is 24.8 Å². The minimum atomic E-state index is 0.0827. The molecule has 1 aliphatic carbocycles. The fraction of sp³-hybridized carbons (Fsp3) is 0.471. The number of aromatic nitrogens is 1. The molecule has 5 nitrogen and oxygen atoms in total. The number of furan rings is 1. The third-order valence-corrected chi connectivity index (χ3v) is 4.50. The summed E-state index contributed by atoms with van der Waals surface area (Å²) in [6, 6.07) is 10.1. The lowest BCUT2D eigenvalue weighted by molar-refractivity contribution is -0.0934. The van der Waals surface area contributed by atoms with Crippen LogP contribution in [0.4, 0.5) is 0 Å². The predicted octanol–water partition coefficient (Wildman–Crippen LogP) is 2.49. The first-order valence-electron chi connectivity index (χ1n) is 7.86. The van der Waals surface area contributed by atoms with E-state index in [0.717, 1.165) is 38.3 Å². The average Bonchev–Trinajstić information content (AvgIpc) is 3.19. The van der Waals surface area contributed by atoms with Gasteiger partial charge < -0.3 is 13.9 Å². The summed E-state index contributed by atoms with van der Waals surface area (Å²) in [5.74, 6) is 1.69. The highest BCUT2D eigenvalue weighted by molar-refractivity contribution is 5.11. The second-order valence-corrected chi connectivity index (χ2v) is 5.85. The van der Waals surface area contributed by atoms with Crippen molar-refractivity contribution in [2.45, 2.75) is 37.6 Å². The van der Waals surface area contributed by atoms with Crippen molar-refractivity contribution < 1.29 is 13.9 Å². The largest absolute Gasteiger partial charge is 0.472 e.